The Balaban J connectivity index is 2.16. The number of nitrogens with one attached hydrogen (secondary N) is 1. The molecule has 1 N–H and O–H groups in total. The Morgan fingerprint density at radius 1 is 1.40 bits per heavy atom. The zero-order chi connectivity index (χ0) is 10.7. The minimum absolute atomic E-state index is 0.902. The highest BCUT2D eigenvalue weighted by Gasteiger charge is 2.13. The summed E-state index contributed by atoms with van der Waals surface area (Å²) in [5.41, 5.74) is 2.63. The van der Waals surface area contributed by atoms with Crippen LogP contribution in [0.25, 0.3) is 0 Å². The normalized spacial score (nSPS) is 16.0. The Morgan fingerprint density at radius 3 is 2.73 bits per heavy atom. The van der Waals surface area contributed by atoms with Gasteiger partial charge in [-0.25, -0.2) is 4.98 Å². The fourth-order valence-electron chi connectivity index (χ4n) is 2.06. The summed E-state index contributed by atoms with van der Waals surface area (Å²) in [5.74, 6) is 1.14. The monoisotopic (exact) mass is 205 g/mol. The molecule has 0 amide bonds. The van der Waals surface area contributed by atoms with Crippen molar-refractivity contribution in [3.63, 3.8) is 0 Å². The molecule has 2 heterocycles. The molecule has 1 fully saturated rings. The van der Waals surface area contributed by atoms with E-state index < -0.39 is 0 Å². The second-order valence-corrected chi connectivity index (χ2v) is 4.19. The lowest BCUT2D eigenvalue weighted by molar-refractivity contribution is 0.804. The Morgan fingerprint density at radius 2 is 2.13 bits per heavy atom. The highest BCUT2D eigenvalue weighted by molar-refractivity contribution is 5.44. The molecule has 0 unspecified atom stereocenters. The van der Waals surface area contributed by atoms with Crippen LogP contribution in [0.15, 0.2) is 12.3 Å². The third-order valence-corrected chi connectivity index (χ3v) is 3.00. The summed E-state index contributed by atoms with van der Waals surface area (Å²) in [5, 5.41) is 3.16. The van der Waals surface area contributed by atoms with E-state index in [-0.39, 0.29) is 0 Å². The van der Waals surface area contributed by atoms with Gasteiger partial charge < -0.3 is 10.2 Å². The molecule has 0 saturated carbocycles. The highest BCUT2D eigenvalue weighted by Crippen LogP contribution is 2.20. The lowest BCUT2D eigenvalue weighted by Crippen LogP contribution is -2.19. The molecule has 0 radical (unpaired) electrons. The molecule has 82 valence electrons. The Labute approximate surface area is 91.5 Å². The van der Waals surface area contributed by atoms with Crippen LogP contribution in [0.4, 0.5) is 5.82 Å². The molecule has 0 spiro atoms. The maximum atomic E-state index is 4.53. The molecule has 0 aromatic carbocycles. The smallest absolute Gasteiger partial charge is 0.128 e. The zero-order valence-corrected chi connectivity index (χ0v) is 9.58. The van der Waals surface area contributed by atoms with Gasteiger partial charge in [-0.3, -0.25) is 0 Å². The van der Waals surface area contributed by atoms with Crippen LogP contribution in [-0.4, -0.2) is 25.1 Å². The van der Waals surface area contributed by atoms with E-state index in [2.05, 4.69) is 28.2 Å². The first-order valence-electron chi connectivity index (χ1n) is 5.66. The van der Waals surface area contributed by atoms with Crippen molar-refractivity contribution in [1.82, 2.24) is 10.3 Å². The number of hydrogen-bond acceptors (Lipinski definition) is 3. The van der Waals surface area contributed by atoms with Gasteiger partial charge in [0.05, 0.1) is 0 Å². The van der Waals surface area contributed by atoms with E-state index in [9.17, 15) is 0 Å². The summed E-state index contributed by atoms with van der Waals surface area (Å²) in [6.45, 7) is 5.39. The molecule has 1 saturated heterocycles. The van der Waals surface area contributed by atoms with Gasteiger partial charge in [0.1, 0.15) is 5.82 Å². The summed E-state index contributed by atoms with van der Waals surface area (Å²) in [4.78, 5) is 6.90. The van der Waals surface area contributed by atoms with Crippen LogP contribution >= 0.6 is 0 Å². The minimum Gasteiger partial charge on any atom is -0.357 e. The second kappa shape index (κ2) is 4.62. The summed E-state index contributed by atoms with van der Waals surface area (Å²) in [6, 6.07) is 2.21. The van der Waals surface area contributed by atoms with Gasteiger partial charge in [-0.2, -0.15) is 0 Å². The number of aryl methyl sites for hydroxylation is 1. The average Bonchev–Trinajstić information content (AvgIpc) is 2.74. The van der Waals surface area contributed by atoms with E-state index >= 15 is 0 Å². The standard InChI is InChI=1S/C12H19N3/c1-10-7-12(15-5-3-4-6-15)14-9-11(10)8-13-2/h7,9,13H,3-6,8H2,1-2H3. The van der Waals surface area contributed by atoms with Gasteiger partial charge in [-0.15, -0.1) is 0 Å². The van der Waals surface area contributed by atoms with Gasteiger partial charge in [-0.1, -0.05) is 0 Å². The molecule has 1 aliphatic heterocycles. The summed E-state index contributed by atoms with van der Waals surface area (Å²) in [7, 11) is 1.97. The summed E-state index contributed by atoms with van der Waals surface area (Å²) < 4.78 is 0. The second-order valence-electron chi connectivity index (χ2n) is 4.19. The molecule has 1 aromatic rings. The molecular weight excluding hydrogens is 186 g/mol. The summed E-state index contributed by atoms with van der Waals surface area (Å²) in [6.07, 6.45) is 4.61. The van der Waals surface area contributed by atoms with Gasteiger partial charge >= 0.3 is 0 Å². The van der Waals surface area contributed by atoms with Crippen LogP contribution < -0.4 is 10.2 Å². The quantitative estimate of drug-likeness (QED) is 0.814. The molecule has 3 nitrogen and oxygen atoms in total. The molecule has 1 aliphatic rings. The van der Waals surface area contributed by atoms with E-state index in [1.807, 2.05) is 13.2 Å². The van der Waals surface area contributed by atoms with Gasteiger partial charge in [0, 0.05) is 25.8 Å². The van der Waals surface area contributed by atoms with Crippen molar-refractivity contribution in [2.45, 2.75) is 26.3 Å². The van der Waals surface area contributed by atoms with E-state index in [0.29, 0.717) is 0 Å². The zero-order valence-electron chi connectivity index (χ0n) is 9.58. The first-order chi connectivity index (χ1) is 7.31. The molecule has 1 aromatic heterocycles. The average molecular weight is 205 g/mol. The molecule has 0 atom stereocenters. The van der Waals surface area contributed by atoms with E-state index in [1.54, 1.807) is 0 Å². The predicted molar refractivity (Wildman–Crippen MR) is 63.2 cm³/mol. The van der Waals surface area contributed by atoms with Crippen molar-refractivity contribution in [2.75, 3.05) is 25.0 Å². The highest BCUT2D eigenvalue weighted by atomic mass is 15.2. The lowest BCUT2D eigenvalue weighted by atomic mass is 10.1. The van der Waals surface area contributed by atoms with E-state index in [0.717, 1.165) is 25.5 Å². The third kappa shape index (κ3) is 2.29. The lowest BCUT2D eigenvalue weighted by Gasteiger charge is -2.17. The molecule has 2 rings (SSSR count). The van der Waals surface area contributed by atoms with E-state index in [4.69, 9.17) is 0 Å². The maximum Gasteiger partial charge on any atom is 0.128 e. The van der Waals surface area contributed by atoms with Crippen molar-refractivity contribution in [3.05, 3.63) is 23.4 Å². The van der Waals surface area contributed by atoms with E-state index in [1.165, 1.54) is 24.0 Å². The van der Waals surface area contributed by atoms with Crippen molar-refractivity contribution in [1.29, 1.82) is 0 Å². The van der Waals surface area contributed by atoms with Crippen LogP contribution in [0.3, 0.4) is 0 Å². The Hall–Kier alpha value is -1.09. The Kier molecular flexibility index (Phi) is 3.21. The van der Waals surface area contributed by atoms with Crippen LogP contribution in [0.1, 0.15) is 24.0 Å². The number of pyridine rings is 1. The number of anilines is 1. The Bertz CT molecular complexity index is 330. The van der Waals surface area contributed by atoms with Crippen LogP contribution in [0.5, 0.6) is 0 Å². The minimum atomic E-state index is 0.902. The summed E-state index contributed by atoms with van der Waals surface area (Å²) >= 11 is 0. The fourth-order valence-corrected chi connectivity index (χ4v) is 2.06. The maximum absolute atomic E-state index is 4.53. The topological polar surface area (TPSA) is 28.2 Å². The molecule has 15 heavy (non-hydrogen) atoms. The molecule has 0 aliphatic carbocycles. The number of hydrogen-bond donors (Lipinski definition) is 1. The number of rotatable bonds is 3. The largest absolute Gasteiger partial charge is 0.357 e. The molecular formula is C12H19N3. The fraction of sp³-hybridized carbons (Fsp3) is 0.583. The van der Waals surface area contributed by atoms with Crippen molar-refractivity contribution < 1.29 is 0 Å². The SMILES string of the molecule is CNCc1cnc(N2CCCC2)cc1C. The van der Waals surface area contributed by atoms with Gasteiger partial charge in [0.15, 0.2) is 0 Å². The number of nitrogens with zero attached hydrogens (tertiary/aromatic N) is 2. The van der Waals surface area contributed by atoms with Crippen molar-refractivity contribution in [3.8, 4) is 0 Å². The van der Waals surface area contributed by atoms with Gasteiger partial charge in [0.25, 0.3) is 0 Å². The van der Waals surface area contributed by atoms with Crippen LogP contribution in [-0.2, 0) is 6.54 Å². The predicted octanol–water partition coefficient (Wildman–Crippen LogP) is 1.71. The molecule has 3 heteroatoms. The van der Waals surface area contributed by atoms with Crippen LogP contribution in [0.2, 0.25) is 0 Å². The first-order valence-corrected chi connectivity index (χ1v) is 5.66. The third-order valence-electron chi connectivity index (χ3n) is 3.00. The van der Waals surface area contributed by atoms with Crippen molar-refractivity contribution in [2.24, 2.45) is 0 Å². The van der Waals surface area contributed by atoms with Gasteiger partial charge in [0.2, 0.25) is 0 Å². The van der Waals surface area contributed by atoms with Crippen LogP contribution in [0, 0.1) is 6.92 Å². The van der Waals surface area contributed by atoms with Crippen molar-refractivity contribution >= 4 is 5.82 Å². The number of aromatic nitrogens is 1. The first kappa shape index (κ1) is 10.4. The molecule has 0 bridgehead atoms. The van der Waals surface area contributed by atoms with Gasteiger partial charge in [-0.05, 0) is 44.0 Å².